The first kappa shape index (κ1) is 10.0. The summed E-state index contributed by atoms with van der Waals surface area (Å²) < 4.78 is 0. The fourth-order valence-electron chi connectivity index (χ4n) is 1.61. The number of nitrogens with one attached hydrogen (secondary N) is 3. The second kappa shape index (κ2) is 3.42. The highest BCUT2D eigenvalue weighted by molar-refractivity contribution is 7.15. The van der Waals surface area contributed by atoms with Crippen molar-refractivity contribution in [1.82, 2.24) is 19.9 Å². The normalized spacial score (nSPS) is 11.1. The molecule has 3 aromatic heterocycles. The predicted octanol–water partition coefficient (Wildman–Crippen LogP) is 0.976. The molecule has 3 rings (SSSR count). The van der Waals surface area contributed by atoms with Gasteiger partial charge in [-0.2, -0.15) is 0 Å². The molecule has 0 atom stereocenters. The molecule has 0 radical (unpaired) electrons. The Morgan fingerprint density at radius 3 is 2.71 bits per heavy atom. The molecule has 7 heteroatoms. The molecule has 0 fully saturated rings. The van der Waals surface area contributed by atoms with Crippen LogP contribution in [0.2, 0.25) is 0 Å². The van der Waals surface area contributed by atoms with Gasteiger partial charge in [-0.1, -0.05) is 0 Å². The Morgan fingerprint density at radius 1 is 1.18 bits per heavy atom. The lowest BCUT2D eigenvalue weighted by molar-refractivity contribution is 1.07. The average molecular weight is 248 g/mol. The van der Waals surface area contributed by atoms with E-state index in [1.807, 2.05) is 19.1 Å². The van der Waals surface area contributed by atoms with E-state index in [1.165, 1.54) is 0 Å². The SMILES string of the molecule is Cc1ccc(-c2nc3[nH]c(=O)[nH]c(=O)c3[nH]2)s1. The van der Waals surface area contributed by atoms with Crippen LogP contribution in [0.5, 0.6) is 0 Å². The molecule has 0 aliphatic heterocycles. The summed E-state index contributed by atoms with van der Waals surface area (Å²) in [6.07, 6.45) is 0. The summed E-state index contributed by atoms with van der Waals surface area (Å²) in [5.41, 5.74) is -0.454. The van der Waals surface area contributed by atoms with Gasteiger partial charge in [0.25, 0.3) is 5.56 Å². The Labute approximate surface area is 98.4 Å². The number of nitrogens with zero attached hydrogens (tertiary/aromatic N) is 1. The van der Waals surface area contributed by atoms with Gasteiger partial charge in [-0.05, 0) is 19.1 Å². The minimum Gasteiger partial charge on any atom is -0.331 e. The Bertz CT molecular complexity index is 807. The van der Waals surface area contributed by atoms with Gasteiger partial charge in [0, 0.05) is 4.88 Å². The summed E-state index contributed by atoms with van der Waals surface area (Å²) in [6, 6.07) is 3.89. The molecule has 3 N–H and O–H groups in total. The number of aryl methyl sites for hydroxylation is 1. The van der Waals surface area contributed by atoms with Crippen LogP contribution in [-0.2, 0) is 0 Å². The van der Waals surface area contributed by atoms with E-state index in [-0.39, 0.29) is 11.2 Å². The second-order valence-electron chi connectivity index (χ2n) is 3.63. The van der Waals surface area contributed by atoms with Crippen molar-refractivity contribution in [3.8, 4) is 10.7 Å². The van der Waals surface area contributed by atoms with Gasteiger partial charge in [0.2, 0.25) is 0 Å². The van der Waals surface area contributed by atoms with Crippen LogP contribution >= 0.6 is 11.3 Å². The quantitative estimate of drug-likeness (QED) is 0.599. The molecular formula is C10H8N4O2S. The van der Waals surface area contributed by atoms with Crippen LogP contribution in [0.15, 0.2) is 21.7 Å². The lowest BCUT2D eigenvalue weighted by atomic mass is 10.4. The highest BCUT2D eigenvalue weighted by Crippen LogP contribution is 2.25. The van der Waals surface area contributed by atoms with Crippen LogP contribution in [-0.4, -0.2) is 19.9 Å². The first-order valence-electron chi connectivity index (χ1n) is 4.92. The van der Waals surface area contributed by atoms with Crippen molar-refractivity contribution >= 4 is 22.5 Å². The van der Waals surface area contributed by atoms with Crippen molar-refractivity contribution in [3.63, 3.8) is 0 Å². The number of H-pyrrole nitrogens is 3. The van der Waals surface area contributed by atoms with Gasteiger partial charge in [0.15, 0.2) is 11.5 Å². The highest BCUT2D eigenvalue weighted by Gasteiger charge is 2.10. The number of thiophene rings is 1. The number of fused-ring (bicyclic) bond motifs is 1. The van der Waals surface area contributed by atoms with Crippen LogP contribution in [0.1, 0.15) is 4.88 Å². The van der Waals surface area contributed by atoms with Gasteiger partial charge >= 0.3 is 5.69 Å². The Hall–Kier alpha value is -2.15. The molecule has 0 amide bonds. The van der Waals surface area contributed by atoms with Crippen LogP contribution in [0, 0.1) is 6.92 Å². The molecule has 3 heterocycles. The number of aromatic nitrogens is 4. The van der Waals surface area contributed by atoms with E-state index in [0.29, 0.717) is 5.82 Å². The molecule has 0 saturated carbocycles. The number of hydrogen-bond acceptors (Lipinski definition) is 4. The lowest BCUT2D eigenvalue weighted by Crippen LogP contribution is -2.21. The minimum absolute atomic E-state index is 0.278. The summed E-state index contributed by atoms with van der Waals surface area (Å²) in [7, 11) is 0. The minimum atomic E-state index is -0.553. The molecule has 86 valence electrons. The van der Waals surface area contributed by atoms with Crippen molar-refractivity contribution in [2.75, 3.05) is 0 Å². The molecule has 0 aromatic carbocycles. The van der Waals surface area contributed by atoms with Crippen molar-refractivity contribution in [2.24, 2.45) is 0 Å². The molecule has 3 aromatic rings. The summed E-state index contributed by atoms with van der Waals surface area (Å²) in [5.74, 6) is 0.588. The summed E-state index contributed by atoms with van der Waals surface area (Å²) in [4.78, 5) is 36.4. The Kier molecular flexibility index (Phi) is 2.02. The van der Waals surface area contributed by atoms with Crippen molar-refractivity contribution < 1.29 is 0 Å². The van der Waals surface area contributed by atoms with Crippen molar-refractivity contribution in [3.05, 3.63) is 37.8 Å². The number of hydrogen-bond donors (Lipinski definition) is 3. The summed E-state index contributed by atoms with van der Waals surface area (Å²) in [5, 5.41) is 0. The standard InChI is InChI=1S/C10H8N4O2S/c1-4-2-3-5(17-4)7-11-6-8(12-7)13-10(16)14-9(6)15/h2-3H,1H3,(H3,11,12,13,14,15,16). The smallest absolute Gasteiger partial charge is 0.327 e. The van der Waals surface area contributed by atoms with Gasteiger partial charge in [0.05, 0.1) is 4.88 Å². The Morgan fingerprint density at radius 2 is 2.00 bits per heavy atom. The third-order valence-corrected chi connectivity index (χ3v) is 3.37. The third kappa shape index (κ3) is 1.60. The van der Waals surface area contributed by atoms with Crippen LogP contribution in [0.4, 0.5) is 0 Å². The fourth-order valence-corrected chi connectivity index (χ4v) is 2.42. The van der Waals surface area contributed by atoms with Gasteiger partial charge < -0.3 is 4.98 Å². The summed E-state index contributed by atoms with van der Waals surface area (Å²) >= 11 is 1.57. The zero-order valence-corrected chi connectivity index (χ0v) is 9.64. The molecule has 0 aliphatic carbocycles. The molecule has 0 saturated heterocycles. The maximum absolute atomic E-state index is 11.5. The van der Waals surface area contributed by atoms with E-state index >= 15 is 0 Å². The second-order valence-corrected chi connectivity index (χ2v) is 4.92. The van der Waals surface area contributed by atoms with E-state index in [2.05, 4.69) is 19.9 Å². The lowest BCUT2D eigenvalue weighted by Gasteiger charge is -1.86. The molecular weight excluding hydrogens is 240 g/mol. The molecule has 0 aliphatic rings. The van der Waals surface area contributed by atoms with Crippen LogP contribution < -0.4 is 11.2 Å². The van der Waals surface area contributed by atoms with Crippen LogP contribution in [0.25, 0.3) is 21.9 Å². The van der Waals surface area contributed by atoms with E-state index in [9.17, 15) is 9.59 Å². The maximum atomic E-state index is 11.5. The first-order chi connectivity index (χ1) is 8.13. The predicted molar refractivity (Wildman–Crippen MR) is 65.4 cm³/mol. The largest absolute Gasteiger partial charge is 0.331 e. The monoisotopic (exact) mass is 248 g/mol. The van der Waals surface area contributed by atoms with E-state index < -0.39 is 11.2 Å². The molecule has 0 bridgehead atoms. The molecule has 6 nitrogen and oxygen atoms in total. The van der Waals surface area contributed by atoms with E-state index in [4.69, 9.17) is 0 Å². The van der Waals surface area contributed by atoms with Gasteiger partial charge in [-0.25, -0.2) is 9.78 Å². The van der Waals surface area contributed by atoms with E-state index in [0.717, 1.165) is 9.75 Å². The Balaban J connectivity index is 2.30. The molecule has 0 spiro atoms. The number of rotatable bonds is 1. The fraction of sp³-hybridized carbons (Fsp3) is 0.100. The first-order valence-corrected chi connectivity index (χ1v) is 5.74. The third-order valence-electron chi connectivity index (χ3n) is 2.36. The zero-order valence-electron chi connectivity index (χ0n) is 8.83. The maximum Gasteiger partial charge on any atom is 0.327 e. The summed E-state index contributed by atoms with van der Waals surface area (Å²) in [6.45, 7) is 1.99. The molecule has 17 heavy (non-hydrogen) atoms. The van der Waals surface area contributed by atoms with E-state index in [1.54, 1.807) is 11.3 Å². The zero-order chi connectivity index (χ0) is 12.0. The van der Waals surface area contributed by atoms with Crippen LogP contribution in [0.3, 0.4) is 0 Å². The highest BCUT2D eigenvalue weighted by atomic mass is 32.1. The molecule has 0 unspecified atom stereocenters. The number of imidazole rings is 1. The van der Waals surface area contributed by atoms with Crippen molar-refractivity contribution in [1.29, 1.82) is 0 Å². The number of aromatic amines is 3. The topological polar surface area (TPSA) is 94.4 Å². The van der Waals surface area contributed by atoms with Gasteiger partial charge in [-0.3, -0.25) is 14.8 Å². The average Bonchev–Trinajstić information content (AvgIpc) is 2.83. The van der Waals surface area contributed by atoms with Crippen molar-refractivity contribution in [2.45, 2.75) is 6.92 Å². The van der Waals surface area contributed by atoms with Gasteiger partial charge in [-0.15, -0.1) is 11.3 Å². The van der Waals surface area contributed by atoms with Gasteiger partial charge in [0.1, 0.15) is 5.52 Å².